The molecule has 0 bridgehead atoms. The molecule has 0 saturated heterocycles. The third-order valence-corrected chi connectivity index (χ3v) is 6.11. The molecule has 0 aliphatic carbocycles. The van der Waals surface area contributed by atoms with Crippen LogP contribution in [0.1, 0.15) is 40.3 Å². The van der Waals surface area contributed by atoms with Crippen LogP contribution < -0.4 is 30.7 Å². The molecule has 0 saturated carbocycles. The first-order valence-corrected chi connectivity index (χ1v) is 12.5. The maximum atomic E-state index is 13.5. The van der Waals surface area contributed by atoms with E-state index in [0.29, 0.717) is 22.6 Å². The number of fused-ring (bicyclic) bond motifs is 1. The Bertz CT molecular complexity index is 1700. The average Bonchev–Trinajstić information content (AvgIpc) is 3.29. The van der Waals surface area contributed by atoms with Gasteiger partial charge < -0.3 is 33.5 Å². The molecule has 0 radical (unpaired) electrons. The summed E-state index contributed by atoms with van der Waals surface area (Å²) in [7, 11) is 2.95. The van der Waals surface area contributed by atoms with E-state index in [4.69, 9.17) is 33.5 Å². The molecule has 12 nitrogen and oxygen atoms in total. The van der Waals surface area contributed by atoms with Crippen LogP contribution in [-0.4, -0.2) is 44.7 Å². The number of benzene rings is 2. The molecule has 4 aromatic rings. The van der Waals surface area contributed by atoms with Gasteiger partial charge in [-0.15, -0.1) is 0 Å². The number of aryl methyl sites for hydroxylation is 1. The summed E-state index contributed by atoms with van der Waals surface area (Å²) in [5.74, 6) is -2.35. The summed E-state index contributed by atoms with van der Waals surface area (Å²) < 4.78 is 33.1. The lowest BCUT2D eigenvalue weighted by Gasteiger charge is -2.17. The Balaban J connectivity index is 1.73. The normalized spacial score (nSPS) is 11.5. The smallest absolute Gasteiger partial charge is 0.342 e. The van der Waals surface area contributed by atoms with E-state index in [1.807, 2.05) is 0 Å². The molecule has 3 N–H and O–H groups in total. The first-order chi connectivity index (χ1) is 19.6. The fourth-order valence-electron chi connectivity index (χ4n) is 4.16. The molecule has 2 aromatic heterocycles. The highest BCUT2D eigenvalue weighted by atomic mass is 16.5. The highest BCUT2D eigenvalue weighted by molar-refractivity contribution is 6.10. The van der Waals surface area contributed by atoms with Crippen LogP contribution >= 0.6 is 0 Å². The van der Waals surface area contributed by atoms with E-state index < -0.39 is 29.3 Å². The van der Waals surface area contributed by atoms with Gasteiger partial charge in [-0.3, -0.25) is 19.7 Å². The second kappa shape index (κ2) is 11.9. The van der Waals surface area contributed by atoms with Gasteiger partial charge in [0.2, 0.25) is 17.1 Å². The molecular formula is C29H28N2O10. The van der Waals surface area contributed by atoms with Crippen molar-refractivity contribution in [1.29, 1.82) is 0 Å². The summed E-state index contributed by atoms with van der Waals surface area (Å²) in [5.41, 5.74) is 5.13. The van der Waals surface area contributed by atoms with Crippen molar-refractivity contribution in [3.8, 4) is 28.6 Å². The number of rotatable bonds is 10. The summed E-state index contributed by atoms with van der Waals surface area (Å²) in [4.78, 5) is 51.3. The molecule has 2 aromatic carbocycles. The maximum absolute atomic E-state index is 13.5. The Labute approximate surface area is 233 Å². The van der Waals surface area contributed by atoms with Crippen LogP contribution in [0.4, 0.5) is 5.88 Å². The quantitative estimate of drug-likeness (QED) is 0.268. The minimum Gasteiger partial charge on any atom is -0.493 e. The Kier molecular flexibility index (Phi) is 8.32. The SMILES string of the molecule is CCOC(=O)c1c(C)oc(NC(=O)C(C)Oc2c(-c3ccc(OC)c(OC)c3)oc3ccccc3c2=O)c1C(N)=O. The lowest BCUT2D eigenvalue weighted by atomic mass is 10.1. The number of methoxy groups -OCH3 is 2. The average molecular weight is 565 g/mol. The Morgan fingerprint density at radius 2 is 1.71 bits per heavy atom. The van der Waals surface area contributed by atoms with E-state index >= 15 is 0 Å². The predicted molar refractivity (Wildman–Crippen MR) is 148 cm³/mol. The zero-order chi connectivity index (χ0) is 29.8. The summed E-state index contributed by atoms with van der Waals surface area (Å²) in [5, 5.41) is 2.64. The largest absolute Gasteiger partial charge is 0.493 e. The van der Waals surface area contributed by atoms with Gasteiger partial charge in [-0.1, -0.05) is 12.1 Å². The summed E-state index contributed by atoms with van der Waals surface area (Å²) in [6, 6.07) is 11.5. The fraction of sp³-hybridized carbons (Fsp3) is 0.241. The Morgan fingerprint density at radius 1 is 1.00 bits per heavy atom. The second-order valence-electron chi connectivity index (χ2n) is 8.73. The zero-order valence-electron chi connectivity index (χ0n) is 23.0. The number of hydrogen-bond donors (Lipinski definition) is 2. The third kappa shape index (κ3) is 5.57. The minimum absolute atomic E-state index is 0.0204. The van der Waals surface area contributed by atoms with Gasteiger partial charge in [0.15, 0.2) is 23.4 Å². The molecule has 4 rings (SSSR count). The molecule has 12 heteroatoms. The van der Waals surface area contributed by atoms with E-state index in [1.165, 1.54) is 28.1 Å². The number of ether oxygens (including phenoxy) is 4. The molecule has 1 atom stereocenters. The van der Waals surface area contributed by atoms with Crippen molar-refractivity contribution in [3.05, 3.63) is 69.6 Å². The van der Waals surface area contributed by atoms with Crippen LogP contribution in [-0.2, 0) is 9.53 Å². The summed E-state index contributed by atoms with van der Waals surface area (Å²) >= 11 is 0. The van der Waals surface area contributed by atoms with Crippen molar-refractivity contribution >= 4 is 34.6 Å². The number of esters is 1. The molecule has 0 spiro atoms. The number of nitrogens with one attached hydrogen (secondary N) is 1. The molecule has 0 aliphatic rings. The van der Waals surface area contributed by atoms with E-state index in [0.717, 1.165) is 0 Å². The van der Waals surface area contributed by atoms with Gasteiger partial charge in [0.25, 0.3) is 11.8 Å². The van der Waals surface area contributed by atoms with Crippen LogP contribution in [0.5, 0.6) is 17.2 Å². The molecule has 0 aliphatic heterocycles. The van der Waals surface area contributed by atoms with Crippen LogP contribution in [0, 0.1) is 6.92 Å². The zero-order valence-corrected chi connectivity index (χ0v) is 23.0. The standard InChI is InChI=1S/C29H28N2O10/c1-6-38-29(35)21-14(2)40-28(22(21)26(30)33)31-27(34)15(3)39-25-23(32)17-9-7-8-10-18(17)41-24(25)16-11-12-19(36-4)20(13-16)37-5/h7-13,15H,6H2,1-5H3,(H2,30,33)(H,31,34). The van der Waals surface area contributed by atoms with Crippen LogP contribution in [0.15, 0.2) is 56.1 Å². The molecular weight excluding hydrogens is 536 g/mol. The Hall–Kier alpha value is -5.26. The van der Waals surface area contributed by atoms with Gasteiger partial charge in [-0.05, 0) is 51.1 Å². The first kappa shape index (κ1) is 28.7. The molecule has 41 heavy (non-hydrogen) atoms. The van der Waals surface area contributed by atoms with Crippen molar-refractivity contribution in [2.45, 2.75) is 26.9 Å². The number of carbonyl (C=O) groups excluding carboxylic acids is 3. The van der Waals surface area contributed by atoms with Crippen LogP contribution in [0.25, 0.3) is 22.3 Å². The van der Waals surface area contributed by atoms with E-state index in [1.54, 1.807) is 49.4 Å². The maximum Gasteiger partial charge on any atom is 0.342 e. The molecule has 0 fully saturated rings. The Morgan fingerprint density at radius 3 is 2.37 bits per heavy atom. The fourth-order valence-corrected chi connectivity index (χ4v) is 4.16. The van der Waals surface area contributed by atoms with Gasteiger partial charge >= 0.3 is 5.97 Å². The van der Waals surface area contributed by atoms with Crippen molar-refractivity contribution < 1.29 is 42.2 Å². The minimum atomic E-state index is -1.31. The van der Waals surface area contributed by atoms with Gasteiger partial charge in [0.05, 0.1) is 26.2 Å². The number of para-hydroxylation sites is 1. The number of hydrogen-bond acceptors (Lipinski definition) is 10. The number of furan rings is 1. The highest BCUT2D eigenvalue weighted by Gasteiger charge is 2.31. The summed E-state index contributed by atoms with van der Waals surface area (Å²) in [6.07, 6.45) is -1.31. The van der Waals surface area contributed by atoms with Crippen molar-refractivity contribution in [2.24, 2.45) is 5.73 Å². The van der Waals surface area contributed by atoms with Gasteiger partial charge in [0.1, 0.15) is 22.5 Å². The van der Waals surface area contributed by atoms with E-state index in [2.05, 4.69) is 5.32 Å². The van der Waals surface area contributed by atoms with Crippen LogP contribution in [0.3, 0.4) is 0 Å². The van der Waals surface area contributed by atoms with E-state index in [-0.39, 0.29) is 46.3 Å². The van der Waals surface area contributed by atoms with Crippen molar-refractivity contribution in [2.75, 3.05) is 26.1 Å². The second-order valence-corrected chi connectivity index (χ2v) is 8.73. The van der Waals surface area contributed by atoms with Gasteiger partial charge in [-0.25, -0.2) is 4.79 Å². The number of nitrogens with two attached hydrogens (primary N) is 1. The lowest BCUT2D eigenvalue weighted by molar-refractivity contribution is -0.122. The molecule has 2 amide bonds. The third-order valence-electron chi connectivity index (χ3n) is 6.11. The van der Waals surface area contributed by atoms with E-state index in [9.17, 15) is 19.2 Å². The number of carbonyl (C=O) groups is 3. The first-order valence-electron chi connectivity index (χ1n) is 12.5. The summed E-state index contributed by atoms with van der Waals surface area (Å²) in [6.45, 7) is 4.45. The number of amides is 2. The number of primary amides is 1. The molecule has 2 heterocycles. The monoisotopic (exact) mass is 564 g/mol. The van der Waals surface area contributed by atoms with Crippen LogP contribution in [0.2, 0.25) is 0 Å². The van der Waals surface area contributed by atoms with Crippen molar-refractivity contribution in [3.63, 3.8) is 0 Å². The topological polar surface area (TPSA) is 170 Å². The lowest BCUT2D eigenvalue weighted by Crippen LogP contribution is -2.32. The van der Waals surface area contributed by atoms with Gasteiger partial charge in [0, 0.05) is 5.56 Å². The van der Waals surface area contributed by atoms with Crippen molar-refractivity contribution in [1.82, 2.24) is 0 Å². The van der Waals surface area contributed by atoms with Gasteiger partial charge in [-0.2, -0.15) is 0 Å². The molecule has 214 valence electrons. The molecule has 1 unspecified atom stereocenters. The highest BCUT2D eigenvalue weighted by Crippen LogP contribution is 2.37. The predicted octanol–water partition coefficient (Wildman–Crippen LogP) is 4.06. The number of anilines is 1.